The molecule has 2 N–H and O–H groups in total. The zero-order chi connectivity index (χ0) is 27.3. The van der Waals surface area contributed by atoms with Crippen molar-refractivity contribution in [1.29, 1.82) is 0 Å². The summed E-state index contributed by atoms with van der Waals surface area (Å²) in [6.07, 6.45) is 4.05. The van der Waals surface area contributed by atoms with Crippen molar-refractivity contribution >= 4 is 39.4 Å². The summed E-state index contributed by atoms with van der Waals surface area (Å²) >= 11 is 0. The van der Waals surface area contributed by atoms with E-state index in [0.717, 1.165) is 47.6 Å². The standard InChI is InChI=1S/C32H34N4O3/c1-32(2,3)34-29(37)22-10-11-27-25(18-22)26(19-33-27)20-12-14-35(15-13-20)16-17-36-30(38)23-8-4-6-21-7-5-9-24(28(21)23)31(36)39/h4-11,18-20,33H,12-17H2,1-3H3,(H,34,37). The summed E-state index contributed by atoms with van der Waals surface area (Å²) in [4.78, 5) is 46.3. The van der Waals surface area contributed by atoms with E-state index in [1.165, 1.54) is 10.5 Å². The van der Waals surface area contributed by atoms with E-state index in [2.05, 4.69) is 21.4 Å². The van der Waals surface area contributed by atoms with Gasteiger partial charge in [0.15, 0.2) is 0 Å². The van der Waals surface area contributed by atoms with Crippen molar-refractivity contribution in [3.8, 4) is 0 Å². The number of benzene rings is 3. The van der Waals surface area contributed by atoms with Crippen LogP contribution in [0.25, 0.3) is 21.7 Å². The number of rotatable bonds is 5. The molecule has 200 valence electrons. The van der Waals surface area contributed by atoms with Crippen molar-refractivity contribution in [2.24, 2.45) is 0 Å². The van der Waals surface area contributed by atoms with Crippen LogP contribution in [0.15, 0.2) is 60.8 Å². The largest absolute Gasteiger partial charge is 0.361 e. The van der Waals surface area contributed by atoms with E-state index in [4.69, 9.17) is 0 Å². The fourth-order valence-corrected chi connectivity index (χ4v) is 6.03. The van der Waals surface area contributed by atoms with E-state index in [9.17, 15) is 14.4 Å². The topological polar surface area (TPSA) is 85.5 Å². The maximum atomic E-state index is 13.2. The number of fused-ring (bicyclic) bond motifs is 1. The van der Waals surface area contributed by atoms with Gasteiger partial charge in [-0.1, -0.05) is 24.3 Å². The second-order valence-electron chi connectivity index (χ2n) is 11.8. The maximum absolute atomic E-state index is 13.2. The van der Waals surface area contributed by atoms with Gasteiger partial charge in [0.1, 0.15) is 0 Å². The van der Waals surface area contributed by atoms with E-state index in [-0.39, 0.29) is 23.3 Å². The third kappa shape index (κ3) is 4.72. The van der Waals surface area contributed by atoms with Gasteiger partial charge < -0.3 is 15.2 Å². The Morgan fingerprint density at radius 3 is 2.26 bits per heavy atom. The molecule has 1 fully saturated rings. The Labute approximate surface area is 228 Å². The van der Waals surface area contributed by atoms with Crippen molar-refractivity contribution in [3.05, 3.63) is 83.0 Å². The van der Waals surface area contributed by atoms with Crippen LogP contribution in [0.3, 0.4) is 0 Å². The number of hydrogen-bond acceptors (Lipinski definition) is 4. The summed E-state index contributed by atoms with van der Waals surface area (Å²) in [5.41, 5.74) is 3.88. The van der Waals surface area contributed by atoms with Gasteiger partial charge in [-0.05, 0) is 93.9 Å². The first-order chi connectivity index (χ1) is 18.7. The van der Waals surface area contributed by atoms with Crippen molar-refractivity contribution < 1.29 is 14.4 Å². The molecule has 4 aromatic rings. The number of carbonyl (C=O) groups excluding carboxylic acids is 3. The van der Waals surface area contributed by atoms with Crippen LogP contribution in [0.5, 0.6) is 0 Å². The first-order valence-electron chi connectivity index (χ1n) is 13.7. The Hall–Kier alpha value is -3.97. The lowest BCUT2D eigenvalue weighted by molar-refractivity contribution is 0.0586. The highest BCUT2D eigenvalue weighted by Gasteiger charge is 2.33. The van der Waals surface area contributed by atoms with Crippen molar-refractivity contribution in [3.63, 3.8) is 0 Å². The average molecular weight is 523 g/mol. The van der Waals surface area contributed by atoms with Crippen molar-refractivity contribution in [1.82, 2.24) is 20.1 Å². The Morgan fingerprint density at radius 2 is 1.62 bits per heavy atom. The molecule has 6 rings (SSSR count). The fourth-order valence-electron chi connectivity index (χ4n) is 6.03. The first kappa shape index (κ1) is 25.3. The highest BCUT2D eigenvalue weighted by molar-refractivity contribution is 6.25. The molecule has 7 heteroatoms. The predicted molar refractivity (Wildman–Crippen MR) is 153 cm³/mol. The number of nitrogens with one attached hydrogen (secondary N) is 2. The van der Waals surface area contributed by atoms with Crippen LogP contribution in [0.4, 0.5) is 0 Å². The zero-order valence-corrected chi connectivity index (χ0v) is 22.7. The molecule has 0 unspecified atom stereocenters. The smallest absolute Gasteiger partial charge is 0.261 e. The van der Waals surface area contributed by atoms with Gasteiger partial charge in [-0.2, -0.15) is 0 Å². The molecule has 0 radical (unpaired) electrons. The quantitative estimate of drug-likeness (QED) is 0.347. The molecule has 1 saturated heterocycles. The van der Waals surface area contributed by atoms with E-state index in [0.29, 0.717) is 35.7 Å². The zero-order valence-electron chi connectivity index (χ0n) is 22.7. The van der Waals surface area contributed by atoms with Gasteiger partial charge in [0.25, 0.3) is 17.7 Å². The number of piperidine rings is 1. The highest BCUT2D eigenvalue weighted by atomic mass is 16.2. The van der Waals surface area contributed by atoms with E-state index in [1.807, 2.05) is 75.4 Å². The van der Waals surface area contributed by atoms with Crippen LogP contribution >= 0.6 is 0 Å². The third-order valence-corrected chi connectivity index (χ3v) is 7.99. The number of aromatic amines is 1. The van der Waals surface area contributed by atoms with Gasteiger partial charge in [-0.3, -0.25) is 19.3 Å². The molecule has 39 heavy (non-hydrogen) atoms. The van der Waals surface area contributed by atoms with E-state index < -0.39 is 0 Å². The summed E-state index contributed by atoms with van der Waals surface area (Å²) < 4.78 is 0. The Kier molecular flexibility index (Phi) is 6.26. The summed E-state index contributed by atoms with van der Waals surface area (Å²) in [6.45, 7) is 8.77. The van der Waals surface area contributed by atoms with Gasteiger partial charge in [-0.25, -0.2) is 0 Å². The summed E-state index contributed by atoms with van der Waals surface area (Å²) in [7, 11) is 0. The second-order valence-corrected chi connectivity index (χ2v) is 11.8. The monoisotopic (exact) mass is 522 g/mol. The normalized spacial score (nSPS) is 16.8. The molecule has 0 bridgehead atoms. The molecule has 0 aliphatic carbocycles. The van der Waals surface area contributed by atoms with Crippen LogP contribution < -0.4 is 5.32 Å². The maximum Gasteiger partial charge on any atom is 0.261 e. The summed E-state index contributed by atoms with van der Waals surface area (Å²) in [5, 5.41) is 5.84. The van der Waals surface area contributed by atoms with E-state index in [1.54, 1.807) is 0 Å². The number of amides is 3. The Morgan fingerprint density at radius 1 is 0.949 bits per heavy atom. The molecule has 3 heterocycles. The molecule has 2 aliphatic rings. The summed E-state index contributed by atoms with van der Waals surface area (Å²) in [5.74, 6) is -0.0840. The number of nitrogens with zero attached hydrogens (tertiary/aromatic N) is 2. The Bertz CT molecular complexity index is 1550. The SMILES string of the molecule is CC(C)(C)NC(=O)c1ccc2[nH]cc(C3CCN(CCN4C(=O)c5cccc6cccc(c56)C4=O)CC3)c2c1. The minimum absolute atomic E-state index is 0.0629. The number of carbonyl (C=O) groups is 3. The minimum Gasteiger partial charge on any atom is -0.361 e. The average Bonchev–Trinajstić information content (AvgIpc) is 3.34. The molecule has 0 saturated carbocycles. The third-order valence-electron chi connectivity index (χ3n) is 7.99. The number of H-pyrrole nitrogens is 1. The molecular weight excluding hydrogens is 488 g/mol. The second kappa shape index (κ2) is 9.65. The number of imide groups is 1. The molecule has 7 nitrogen and oxygen atoms in total. The number of likely N-dealkylation sites (tertiary alicyclic amines) is 1. The highest BCUT2D eigenvalue weighted by Crippen LogP contribution is 2.34. The van der Waals surface area contributed by atoms with Gasteiger partial charge in [0.05, 0.1) is 0 Å². The number of hydrogen-bond donors (Lipinski definition) is 2. The number of aromatic nitrogens is 1. The lowest BCUT2D eigenvalue weighted by atomic mass is 9.88. The Balaban J connectivity index is 1.11. The van der Waals surface area contributed by atoms with Crippen LogP contribution in [-0.4, -0.2) is 64.2 Å². The lowest BCUT2D eigenvalue weighted by Crippen LogP contribution is -2.45. The van der Waals surface area contributed by atoms with Crippen LogP contribution in [0, 0.1) is 0 Å². The van der Waals surface area contributed by atoms with Crippen LogP contribution in [0.2, 0.25) is 0 Å². The van der Waals surface area contributed by atoms with Crippen LogP contribution in [-0.2, 0) is 0 Å². The molecule has 0 spiro atoms. The molecule has 0 atom stereocenters. The van der Waals surface area contributed by atoms with E-state index >= 15 is 0 Å². The predicted octanol–water partition coefficient (Wildman–Crippen LogP) is 5.33. The van der Waals surface area contributed by atoms with Gasteiger partial charge in [0, 0.05) is 57.8 Å². The minimum atomic E-state index is -0.292. The van der Waals surface area contributed by atoms with Gasteiger partial charge in [-0.15, -0.1) is 0 Å². The van der Waals surface area contributed by atoms with Crippen LogP contribution in [0.1, 0.15) is 76.2 Å². The lowest BCUT2D eigenvalue weighted by Gasteiger charge is -2.34. The van der Waals surface area contributed by atoms with Crippen molar-refractivity contribution in [2.45, 2.75) is 45.1 Å². The summed E-state index contributed by atoms with van der Waals surface area (Å²) in [6, 6.07) is 17.1. The van der Waals surface area contributed by atoms with Gasteiger partial charge in [0.2, 0.25) is 0 Å². The first-order valence-corrected chi connectivity index (χ1v) is 13.7. The van der Waals surface area contributed by atoms with Crippen molar-refractivity contribution in [2.75, 3.05) is 26.2 Å². The molecule has 3 amide bonds. The molecule has 1 aromatic heterocycles. The van der Waals surface area contributed by atoms with Gasteiger partial charge >= 0.3 is 0 Å². The molecule has 2 aliphatic heterocycles. The molecule has 3 aromatic carbocycles. The molecular formula is C32H34N4O3. The fraction of sp³-hybridized carbons (Fsp3) is 0.344.